The number of carbonyl (C=O) groups is 2. The molecule has 0 aliphatic rings. The van der Waals surface area contributed by atoms with E-state index in [4.69, 9.17) is 18.9 Å². The highest BCUT2D eigenvalue weighted by Gasteiger charge is 2.04. The zero-order chi connectivity index (χ0) is 20.1. The van der Waals surface area contributed by atoms with Crippen LogP contribution < -0.4 is 9.47 Å². The quantitative estimate of drug-likeness (QED) is 0.313. The lowest BCUT2D eigenvalue weighted by atomic mass is 10.2. The molecule has 0 aliphatic carbocycles. The highest BCUT2D eigenvalue weighted by Crippen LogP contribution is 2.27. The van der Waals surface area contributed by atoms with Gasteiger partial charge in [0.15, 0.2) is 11.5 Å². The van der Waals surface area contributed by atoms with Crippen molar-refractivity contribution < 1.29 is 28.5 Å². The second kappa shape index (κ2) is 12.6. The van der Waals surface area contributed by atoms with Crippen molar-refractivity contribution in [1.82, 2.24) is 0 Å². The van der Waals surface area contributed by atoms with E-state index in [1.807, 2.05) is 6.07 Å². The van der Waals surface area contributed by atoms with Crippen LogP contribution in [-0.4, -0.2) is 39.4 Å². The number of unbranched alkanes of at least 4 members (excludes halogenated alkanes) is 3. The van der Waals surface area contributed by atoms with E-state index >= 15 is 0 Å². The molecule has 0 N–H and O–H groups in total. The van der Waals surface area contributed by atoms with Crippen molar-refractivity contribution in [3.63, 3.8) is 0 Å². The molecule has 1 aromatic rings. The minimum atomic E-state index is -0.389. The molecule has 0 saturated heterocycles. The van der Waals surface area contributed by atoms with E-state index in [1.54, 1.807) is 39.4 Å². The number of hydrogen-bond acceptors (Lipinski definition) is 6. The standard InChI is InChI=1S/C21H28O6/c1-16(2)21(23)27-14-8-6-5-7-13-26-20(22)12-10-17-9-11-18(24-3)19(15-17)25-4/h9-12,15H,1,5-8,13-14H2,2-4H3/b12-10+. The van der Waals surface area contributed by atoms with Crippen LogP contribution in [0.2, 0.25) is 0 Å². The van der Waals surface area contributed by atoms with Gasteiger partial charge in [0, 0.05) is 11.6 Å². The third kappa shape index (κ3) is 8.94. The number of hydrogen-bond donors (Lipinski definition) is 0. The van der Waals surface area contributed by atoms with Crippen LogP contribution in [0.4, 0.5) is 0 Å². The Morgan fingerprint density at radius 2 is 1.59 bits per heavy atom. The van der Waals surface area contributed by atoms with Gasteiger partial charge in [-0.2, -0.15) is 0 Å². The first kappa shape index (κ1) is 22.3. The second-order valence-electron chi connectivity index (χ2n) is 5.95. The molecule has 0 bridgehead atoms. The largest absolute Gasteiger partial charge is 0.493 e. The summed E-state index contributed by atoms with van der Waals surface area (Å²) < 4.78 is 20.6. The van der Waals surface area contributed by atoms with Gasteiger partial charge in [0.05, 0.1) is 27.4 Å². The number of benzene rings is 1. The van der Waals surface area contributed by atoms with Crippen LogP contribution in [-0.2, 0) is 19.1 Å². The summed E-state index contributed by atoms with van der Waals surface area (Å²) in [6.07, 6.45) is 6.41. The maximum atomic E-state index is 11.7. The summed E-state index contributed by atoms with van der Waals surface area (Å²) in [7, 11) is 3.13. The Bertz CT molecular complexity index is 663. The molecule has 0 saturated carbocycles. The van der Waals surface area contributed by atoms with Crippen LogP contribution in [0.25, 0.3) is 6.08 Å². The Hall–Kier alpha value is -2.76. The summed E-state index contributed by atoms with van der Waals surface area (Å²) in [6, 6.07) is 5.38. The van der Waals surface area contributed by atoms with Gasteiger partial charge in [0.25, 0.3) is 0 Å². The van der Waals surface area contributed by atoms with Gasteiger partial charge in [-0.3, -0.25) is 0 Å². The Morgan fingerprint density at radius 3 is 2.19 bits per heavy atom. The summed E-state index contributed by atoms with van der Waals surface area (Å²) in [4.78, 5) is 22.9. The molecule has 0 spiro atoms. The molecular formula is C21H28O6. The van der Waals surface area contributed by atoms with Gasteiger partial charge in [-0.25, -0.2) is 9.59 Å². The highest BCUT2D eigenvalue weighted by atomic mass is 16.5. The van der Waals surface area contributed by atoms with E-state index in [0.29, 0.717) is 30.3 Å². The van der Waals surface area contributed by atoms with Gasteiger partial charge in [-0.15, -0.1) is 0 Å². The lowest BCUT2D eigenvalue weighted by Gasteiger charge is -2.07. The van der Waals surface area contributed by atoms with Crippen molar-refractivity contribution in [3.05, 3.63) is 42.0 Å². The molecule has 0 unspecified atom stereocenters. The average Bonchev–Trinajstić information content (AvgIpc) is 2.67. The third-order valence-electron chi connectivity index (χ3n) is 3.68. The van der Waals surface area contributed by atoms with E-state index in [2.05, 4.69) is 6.58 Å². The van der Waals surface area contributed by atoms with Crippen LogP contribution in [0.15, 0.2) is 36.4 Å². The normalized spacial score (nSPS) is 10.5. The number of ether oxygens (including phenoxy) is 4. The summed E-state index contributed by atoms with van der Waals surface area (Å²) in [5, 5.41) is 0. The first-order valence-electron chi connectivity index (χ1n) is 8.87. The highest BCUT2D eigenvalue weighted by molar-refractivity contribution is 5.87. The van der Waals surface area contributed by atoms with Crippen LogP contribution in [0.3, 0.4) is 0 Å². The second-order valence-corrected chi connectivity index (χ2v) is 5.95. The Labute approximate surface area is 160 Å². The third-order valence-corrected chi connectivity index (χ3v) is 3.68. The molecule has 0 fully saturated rings. The molecule has 0 atom stereocenters. The molecule has 0 amide bonds. The van der Waals surface area contributed by atoms with Gasteiger partial charge < -0.3 is 18.9 Å². The van der Waals surface area contributed by atoms with Crippen molar-refractivity contribution in [2.45, 2.75) is 32.6 Å². The molecule has 148 valence electrons. The van der Waals surface area contributed by atoms with Gasteiger partial charge in [0.1, 0.15) is 0 Å². The van der Waals surface area contributed by atoms with Crippen molar-refractivity contribution in [3.8, 4) is 11.5 Å². The minimum absolute atomic E-state index is 0.356. The average molecular weight is 376 g/mol. The van der Waals surface area contributed by atoms with E-state index in [-0.39, 0.29) is 11.9 Å². The summed E-state index contributed by atoms with van der Waals surface area (Å²) in [6.45, 7) is 5.89. The SMILES string of the molecule is C=C(C)C(=O)OCCCCCCOC(=O)/C=C/c1ccc(OC)c(OC)c1. The van der Waals surface area contributed by atoms with Gasteiger partial charge in [-0.1, -0.05) is 12.6 Å². The molecule has 6 heteroatoms. The summed E-state index contributed by atoms with van der Waals surface area (Å²) in [5.41, 5.74) is 1.22. The lowest BCUT2D eigenvalue weighted by Crippen LogP contribution is -2.06. The van der Waals surface area contributed by atoms with Gasteiger partial charge in [0.2, 0.25) is 0 Å². The van der Waals surface area contributed by atoms with E-state index in [0.717, 1.165) is 31.2 Å². The van der Waals surface area contributed by atoms with Crippen molar-refractivity contribution >= 4 is 18.0 Å². The fourth-order valence-corrected chi connectivity index (χ4v) is 2.19. The first-order valence-corrected chi connectivity index (χ1v) is 8.87. The topological polar surface area (TPSA) is 71.1 Å². The fraction of sp³-hybridized carbons (Fsp3) is 0.429. The lowest BCUT2D eigenvalue weighted by molar-refractivity contribution is -0.139. The molecular weight excluding hydrogens is 348 g/mol. The molecule has 0 aliphatic heterocycles. The number of carbonyl (C=O) groups excluding carboxylic acids is 2. The molecule has 0 radical (unpaired) electrons. The zero-order valence-electron chi connectivity index (χ0n) is 16.3. The Morgan fingerprint density at radius 1 is 0.963 bits per heavy atom. The summed E-state index contributed by atoms with van der Waals surface area (Å²) >= 11 is 0. The van der Waals surface area contributed by atoms with Crippen LogP contribution in [0.5, 0.6) is 11.5 Å². The van der Waals surface area contributed by atoms with Crippen molar-refractivity contribution in [2.24, 2.45) is 0 Å². The Balaban J connectivity index is 2.19. The van der Waals surface area contributed by atoms with E-state index < -0.39 is 0 Å². The zero-order valence-corrected chi connectivity index (χ0v) is 16.3. The number of methoxy groups -OCH3 is 2. The van der Waals surface area contributed by atoms with Gasteiger partial charge >= 0.3 is 11.9 Å². The molecule has 1 aromatic carbocycles. The summed E-state index contributed by atoms with van der Waals surface area (Å²) in [5.74, 6) is 0.485. The predicted octanol–water partition coefficient (Wildman–Crippen LogP) is 3.94. The maximum Gasteiger partial charge on any atom is 0.333 e. The number of rotatable bonds is 12. The van der Waals surface area contributed by atoms with E-state index in [9.17, 15) is 9.59 Å². The van der Waals surface area contributed by atoms with Crippen molar-refractivity contribution in [2.75, 3.05) is 27.4 Å². The van der Waals surface area contributed by atoms with Crippen LogP contribution >= 0.6 is 0 Å². The fourth-order valence-electron chi connectivity index (χ4n) is 2.19. The monoisotopic (exact) mass is 376 g/mol. The smallest absolute Gasteiger partial charge is 0.333 e. The molecule has 6 nitrogen and oxygen atoms in total. The molecule has 1 rings (SSSR count). The molecule has 0 heterocycles. The minimum Gasteiger partial charge on any atom is -0.493 e. The van der Waals surface area contributed by atoms with E-state index in [1.165, 1.54) is 6.08 Å². The van der Waals surface area contributed by atoms with Crippen LogP contribution in [0.1, 0.15) is 38.2 Å². The maximum absolute atomic E-state index is 11.7. The van der Waals surface area contributed by atoms with Gasteiger partial charge in [-0.05, 0) is 56.4 Å². The van der Waals surface area contributed by atoms with Crippen LogP contribution in [0, 0.1) is 0 Å². The first-order chi connectivity index (χ1) is 13.0. The molecule has 0 aromatic heterocycles. The van der Waals surface area contributed by atoms with Crippen molar-refractivity contribution in [1.29, 1.82) is 0 Å². The molecule has 27 heavy (non-hydrogen) atoms. The number of esters is 2. The Kier molecular flexibility index (Phi) is 10.4. The predicted molar refractivity (Wildman–Crippen MR) is 104 cm³/mol.